The predicted octanol–water partition coefficient (Wildman–Crippen LogP) is 6.19. The first-order valence-corrected chi connectivity index (χ1v) is 10.7. The van der Waals surface area contributed by atoms with Crippen LogP contribution >= 0.6 is 23.4 Å². The third kappa shape index (κ3) is 5.08. The Hall–Kier alpha value is -2.84. The first kappa shape index (κ1) is 22.8. The van der Waals surface area contributed by atoms with Crippen molar-refractivity contribution in [2.75, 3.05) is 0 Å². The second kappa shape index (κ2) is 8.72. The zero-order chi connectivity index (χ0) is 22.9. The van der Waals surface area contributed by atoms with Gasteiger partial charge in [-0.05, 0) is 58.9 Å². The highest BCUT2D eigenvalue weighted by molar-refractivity contribution is 7.99. The van der Waals surface area contributed by atoms with E-state index in [0.29, 0.717) is 10.6 Å². The molecule has 0 unspecified atom stereocenters. The fraction of sp³-hybridized carbons (Fsp3) is 0.273. The van der Waals surface area contributed by atoms with Gasteiger partial charge in [0.1, 0.15) is 5.02 Å². The molecule has 2 aromatic carbocycles. The largest absolute Gasteiger partial charge is 0.403 e. The Kier molecular flexibility index (Phi) is 6.43. The molecule has 0 spiro atoms. The van der Waals surface area contributed by atoms with Crippen LogP contribution in [0.4, 0.5) is 5.69 Å². The molecule has 0 aliphatic heterocycles. The van der Waals surface area contributed by atoms with Crippen molar-refractivity contribution in [1.29, 1.82) is 0 Å². The SMILES string of the molecule is Cc1ccc(Sc2c(C)nn(C(C)(C)C)c2OC(=O)c2ccc(Cl)c([N+](=O)[O-])c2)cc1. The number of halogens is 1. The topological polar surface area (TPSA) is 87.3 Å². The summed E-state index contributed by atoms with van der Waals surface area (Å²) >= 11 is 7.30. The highest BCUT2D eigenvalue weighted by Gasteiger charge is 2.28. The van der Waals surface area contributed by atoms with E-state index in [2.05, 4.69) is 5.10 Å². The summed E-state index contributed by atoms with van der Waals surface area (Å²) in [4.78, 5) is 25.1. The van der Waals surface area contributed by atoms with E-state index in [-0.39, 0.29) is 22.2 Å². The summed E-state index contributed by atoms with van der Waals surface area (Å²) in [6.45, 7) is 9.71. The minimum Gasteiger partial charge on any atom is -0.403 e. The smallest absolute Gasteiger partial charge is 0.345 e. The molecule has 0 saturated heterocycles. The molecule has 0 N–H and O–H groups in total. The average molecular weight is 460 g/mol. The van der Waals surface area contributed by atoms with Crippen molar-refractivity contribution < 1.29 is 14.5 Å². The molecule has 0 amide bonds. The van der Waals surface area contributed by atoms with Gasteiger partial charge in [0.05, 0.1) is 26.6 Å². The Morgan fingerprint density at radius 1 is 1.16 bits per heavy atom. The van der Waals surface area contributed by atoms with Gasteiger partial charge in [0.25, 0.3) is 5.69 Å². The van der Waals surface area contributed by atoms with Gasteiger partial charge >= 0.3 is 5.97 Å². The van der Waals surface area contributed by atoms with E-state index in [1.807, 2.05) is 58.9 Å². The zero-order valence-corrected chi connectivity index (χ0v) is 19.4. The molecule has 9 heteroatoms. The number of carbonyl (C=O) groups is 1. The Morgan fingerprint density at radius 3 is 2.39 bits per heavy atom. The maximum absolute atomic E-state index is 12.9. The van der Waals surface area contributed by atoms with Crippen LogP contribution in [-0.2, 0) is 5.54 Å². The molecule has 3 rings (SSSR count). The van der Waals surface area contributed by atoms with Crippen molar-refractivity contribution in [3.8, 4) is 5.88 Å². The quantitative estimate of drug-likeness (QED) is 0.257. The lowest BCUT2D eigenvalue weighted by Crippen LogP contribution is -2.25. The van der Waals surface area contributed by atoms with E-state index in [1.54, 1.807) is 4.68 Å². The summed E-state index contributed by atoms with van der Waals surface area (Å²) in [6.07, 6.45) is 0. The molecule has 31 heavy (non-hydrogen) atoms. The van der Waals surface area contributed by atoms with Crippen LogP contribution in [0.25, 0.3) is 0 Å². The first-order chi connectivity index (χ1) is 14.5. The zero-order valence-electron chi connectivity index (χ0n) is 17.8. The molecule has 0 aliphatic carbocycles. The van der Waals surface area contributed by atoms with Crippen molar-refractivity contribution >= 4 is 35.0 Å². The van der Waals surface area contributed by atoms with E-state index >= 15 is 0 Å². The molecule has 0 aliphatic rings. The van der Waals surface area contributed by atoms with Crippen molar-refractivity contribution in [3.63, 3.8) is 0 Å². The molecular weight excluding hydrogens is 438 g/mol. The first-order valence-electron chi connectivity index (χ1n) is 9.48. The Morgan fingerprint density at radius 2 is 1.81 bits per heavy atom. The Labute approximate surface area is 189 Å². The van der Waals surface area contributed by atoms with Crippen molar-refractivity contribution in [2.45, 2.75) is 49.9 Å². The summed E-state index contributed by atoms with van der Waals surface area (Å²) in [5.41, 5.74) is 1.07. The number of ether oxygens (including phenoxy) is 1. The molecule has 1 heterocycles. The Balaban J connectivity index is 2.02. The Bertz CT molecular complexity index is 1150. The number of rotatable bonds is 5. The molecule has 0 bridgehead atoms. The lowest BCUT2D eigenvalue weighted by Gasteiger charge is -2.22. The molecule has 0 radical (unpaired) electrons. The summed E-state index contributed by atoms with van der Waals surface area (Å²) in [5.74, 6) is -0.436. The standard InChI is InChI=1S/C22H22ClN3O4S/c1-13-6-9-16(10-7-13)31-19-14(2)24-25(22(3,4)5)20(19)30-21(27)15-8-11-17(23)18(12-15)26(28)29/h6-12H,1-5H3. The number of nitrogens with zero attached hydrogens (tertiary/aromatic N) is 3. The molecule has 3 aromatic rings. The van der Waals surface area contributed by atoms with Crippen LogP contribution in [-0.4, -0.2) is 20.7 Å². The second-order valence-electron chi connectivity index (χ2n) is 8.03. The van der Waals surface area contributed by atoms with Crippen LogP contribution in [0, 0.1) is 24.0 Å². The van der Waals surface area contributed by atoms with Gasteiger partial charge in [0, 0.05) is 11.0 Å². The number of benzene rings is 2. The van der Waals surface area contributed by atoms with E-state index in [0.717, 1.165) is 16.5 Å². The van der Waals surface area contributed by atoms with Gasteiger partial charge in [-0.2, -0.15) is 5.10 Å². The number of aromatic nitrogens is 2. The second-order valence-corrected chi connectivity index (χ2v) is 9.52. The summed E-state index contributed by atoms with van der Waals surface area (Å²) < 4.78 is 7.41. The third-order valence-corrected chi connectivity index (χ3v) is 5.91. The van der Waals surface area contributed by atoms with Gasteiger partial charge in [-0.1, -0.05) is 41.1 Å². The highest BCUT2D eigenvalue weighted by Crippen LogP contribution is 2.40. The number of esters is 1. The van der Waals surface area contributed by atoms with Gasteiger partial charge in [-0.25, -0.2) is 9.48 Å². The van der Waals surface area contributed by atoms with Crippen LogP contribution in [0.15, 0.2) is 52.3 Å². The third-order valence-electron chi connectivity index (χ3n) is 4.41. The van der Waals surface area contributed by atoms with Crippen LogP contribution in [0.5, 0.6) is 5.88 Å². The van der Waals surface area contributed by atoms with Crippen LogP contribution < -0.4 is 4.74 Å². The minimum absolute atomic E-state index is 0.0294. The average Bonchev–Trinajstić information content (AvgIpc) is 2.99. The van der Waals surface area contributed by atoms with Crippen molar-refractivity contribution in [3.05, 3.63) is 74.4 Å². The molecule has 0 fully saturated rings. The van der Waals surface area contributed by atoms with Crippen molar-refractivity contribution in [2.24, 2.45) is 0 Å². The van der Waals surface area contributed by atoms with Crippen LogP contribution in [0.2, 0.25) is 5.02 Å². The van der Waals surface area contributed by atoms with Crippen LogP contribution in [0.3, 0.4) is 0 Å². The summed E-state index contributed by atoms with van der Waals surface area (Å²) in [6, 6.07) is 11.8. The van der Waals surface area contributed by atoms with E-state index < -0.39 is 16.4 Å². The van der Waals surface area contributed by atoms with Crippen LogP contribution in [0.1, 0.15) is 42.4 Å². The monoisotopic (exact) mass is 459 g/mol. The number of carbonyl (C=O) groups excluding carboxylic acids is 1. The molecule has 1 aromatic heterocycles. The predicted molar refractivity (Wildman–Crippen MR) is 120 cm³/mol. The number of hydrogen-bond donors (Lipinski definition) is 0. The fourth-order valence-corrected chi connectivity index (χ4v) is 3.90. The highest BCUT2D eigenvalue weighted by atomic mass is 35.5. The lowest BCUT2D eigenvalue weighted by molar-refractivity contribution is -0.384. The van der Waals surface area contributed by atoms with E-state index in [1.165, 1.54) is 23.9 Å². The maximum atomic E-state index is 12.9. The fourth-order valence-electron chi connectivity index (χ4n) is 2.80. The minimum atomic E-state index is -0.726. The number of hydrogen-bond acceptors (Lipinski definition) is 6. The molecule has 0 saturated carbocycles. The summed E-state index contributed by atoms with van der Waals surface area (Å²) in [5, 5.41) is 15.7. The number of nitro benzene ring substituents is 1. The van der Waals surface area contributed by atoms with E-state index in [9.17, 15) is 14.9 Å². The summed E-state index contributed by atoms with van der Waals surface area (Å²) in [7, 11) is 0. The number of aryl methyl sites for hydroxylation is 2. The maximum Gasteiger partial charge on any atom is 0.345 e. The van der Waals surface area contributed by atoms with Gasteiger partial charge in [0.2, 0.25) is 5.88 Å². The molecular formula is C22H22ClN3O4S. The molecule has 0 atom stereocenters. The van der Waals surface area contributed by atoms with Gasteiger partial charge in [-0.3, -0.25) is 10.1 Å². The molecule has 7 nitrogen and oxygen atoms in total. The molecule has 162 valence electrons. The lowest BCUT2D eigenvalue weighted by atomic mass is 10.1. The van der Waals surface area contributed by atoms with Gasteiger partial charge in [-0.15, -0.1) is 0 Å². The van der Waals surface area contributed by atoms with Crippen molar-refractivity contribution in [1.82, 2.24) is 9.78 Å². The van der Waals surface area contributed by atoms with Gasteiger partial charge in [0.15, 0.2) is 0 Å². The van der Waals surface area contributed by atoms with Gasteiger partial charge < -0.3 is 4.74 Å². The van der Waals surface area contributed by atoms with E-state index in [4.69, 9.17) is 16.3 Å². The normalized spacial score (nSPS) is 11.4. The number of nitro groups is 1.